The van der Waals surface area contributed by atoms with Crippen LogP contribution in [0, 0.1) is 6.92 Å². The summed E-state index contributed by atoms with van der Waals surface area (Å²) in [6.07, 6.45) is 0. The smallest absolute Gasteiger partial charge is 0.262 e. The van der Waals surface area contributed by atoms with E-state index in [4.69, 9.17) is 9.15 Å². The van der Waals surface area contributed by atoms with Crippen molar-refractivity contribution in [3.8, 4) is 5.75 Å². The van der Waals surface area contributed by atoms with Crippen LogP contribution in [0.4, 0.5) is 5.69 Å². The fraction of sp³-hybridized carbons (Fsp3) is 0.300. The molecule has 0 aliphatic rings. The molecule has 0 spiro atoms. The Morgan fingerprint density at radius 1 is 1.16 bits per heavy atom. The van der Waals surface area contributed by atoms with Crippen LogP contribution in [0.1, 0.15) is 32.2 Å². The minimum atomic E-state index is -0.223. The van der Waals surface area contributed by atoms with Gasteiger partial charge in [0.15, 0.2) is 18.1 Å². The fourth-order valence-corrected chi connectivity index (χ4v) is 2.52. The molecule has 1 N–H and O–H groups in total. The lowest BCUT2D eigenvalue weighted by Gasteiger charge is -2.19. The first-order chi connectivity index (χ1) is 11.8. The zero-order chi connectivity index (χ0) is 18.0. The van der Waals surface area contributed by atoms with Gasteiger partial charge in [-0.05, 0) is 41.3 Å². The fourth-order valence-electron chi connectivity index (χ4n) is 2.52. The van der Waals surface area contributed by atoms with Gasteiger partial charge in [-0.3, -0.25) is 4.79 Å². The third-order valence-corrected chi connectivity index (χ3v) is 3.87. The van der Waals surface area contributed by atoms with Crippen LogP contribution in [0.25, 0.3) is 11.1 Å². The van der Waals surface area contributed by atoms with Crippen molar-refractivity contribution in [3.05, 3.63) is 53.9 Å². The summed E-state index contributed by atoms with van der Waals surface area (Å²) in [4.78, 5) is 16.3. The molecule has 3 rings (SSSR count). The number of aromatic nitrogens is 1. The zero-order valence-electron chi connectivity index (χ0n) is 14.9. The molecule has 1 aromatic heterocycles. The molecule has 2 aromatic carbocycles. The lowest BCUT2D eigenvalue weighted by Crippen LogP contribution is -2.20. The standard InChI is InChI=1S/C20H22N2O3/c1-13-21-17-11-15(7-10-18(17)25-13)22-19(23)12-24-16-8-5-14(6-9-16)20(2,3)4/h5-11H,12H2,1-4H3,(H,22,23). The van der Waals surface area contributed by atoms with Gasteiger partial charge in [-0.1, -0.05) is 32.9 Å². The number of carbonyl (C=O) groups excluding carboxylic acids is 1. The molecule has 1 heterocycles. The van der Waals surface area contributed by atoms with Gasteiger partial charge in [0.1, 0.15) is 11.3 Å². The minimum Gasteiger partial charge on any atom is -0.484 e. The van der Waals surface area contributed by atoms with E-state index in [2.05, 4.69) is 31.1 Å². The largest absolute Gasteiger partial charge is 0.484 e. The van der Waals surface area contributed by atoms with E-state index in [1.807, 2.05) is 24.3 Å². The Bertz CT molecular complexity index is 889. The molecule has 3 aromatic rings. The van der Waals surface area contributed by atoms with Crippen LogP contribution in [-0.4, -0.2) is 17.5 Å². The molecule has 0 fully saturated rings. The molecule has 0 aliphatic carbocycles. The Hall–Kier alpha value is -2.82. The van der Waals surface area contributed by atoms with Gasteiger partial charge in [-0.25, -0.2) is 4.98 Å². The number of nitrogens with zero attached hydrogens (tertiary/aromatic N) is 1. The molecule has 0 aliphatic heterocycles. The van der Waals surface area contributed by atoms with E-state index in [-0.39, 0.29) is 17.9 Å². The van der Waals surface area contributed by atoms with Crippen molar-refractivity contribution in [1.29, 1.82) is 0 Å². The van der Waals surface area contributed by atoms with Gasteiger partial charge in [0.05, 0.1) is 0 Å². The molecule has 0 atom stereocenters. The third kappa shape index (κ3) is 4.18. The van der Waals surface area contributed by atoms with E-state index in [1.54, 1.807) is 25.1 Å². The molecular formula is C20H22N2O3. The molecule has 0 unspecified atom stereocenters. The molecule has 1 amide bonds. The molecule has 0 bridgehead atoms. The van der Waals surface area contributed by atoms with Crippen LogP contribution in [0.3, 0.4) is 0 Å². The Balaban J connectivity index is 1.58. The van der Waals surface area contributed by atoms with Gasteiger partial charge < -0.3 is 14.5 Å². The topological polar surface area (TPSA) is 64.4 Å². The molecule has 130 valence electrons. The molecule has 5 heteroatoms. The summed E-state index contributed by atoms with van der Waals surface area (Å²) in [6, 6.07) is 13.2. The van der Waals surface area contributed by atoms with E-state index in [0.717, 1.165) is 0 Å². The van der Waals surface area contributed by atoms with Crippen molar-refractivity contribution in [2.75, 3.05) is 11.9 Å². The summed E-state index contributed by atoms with van der Waals surface area (Å²) in [5, 5.41) is 2.80. The van der Waals surface area contributed by atoms with Gasteiger partial charge in [0.25, 0.3) is 5.91 Å². The molecule has 0 radical (unpaired) electrons. The first-order valence-corrected chi connectivity index (χ1v) is 8.22. The average molecular weight is 338 g/mol. The SMILES string of the molecule is Cc1nc2cc(NC(=O)COc3ccc(C(C)(C)C)cc3)ccc2o1. The van der Waals surface area contributed by atoms with Crippen LogP contribution in [0.15, 0.2) is 46.9 Å². The monoisotopic (exact) mass is 338 g/mol. The number of ether oxygens (including phenoxy) is 1. The van der Waals surface area contributed by atoms with Crippen LogP contribution in [-0.2, 0) is 10.2 Å². The normalized spacial score (nSPS) is 11.5. The van der Waals surface area contributed by atoms with E-state index in [0.29, 0.717) is 28.4 Å². The molecule has 25 heavy (non-hydrogen) atoms. The van der Waals surface area contributed by atoms with Crippen LogP contribution < -0.4 is 10.1 Å². The molecule has 5 nitrogen and oxygen atoms in total. The highest BCUT2D eigenvalue weighted by atomic mass is 16.5. The Kier molecular flexibility index (Phi) is 4.49. The van der Waals surface area contributed by atoms with Crippen molar-refractivity contribution in [3.63, 3.8) is 0 Å². The number of fused-ring (bicyclic) bond motifs is 1. The number of hydrogen-bond donors (Lipinski definition) is 1. The third-order valence-electron chi connectivity index (χ3n) is 3.87. The molecule has 0 saturated heterocycles. The van der Waals surface area contributed by atoms with Crippen LogP contribution in [0.5, 0.6) is 5.75 Å². The van der Waals surface area contributed by atoms with Gasteiger partial charge in [-0.2, -0.15) is 0 Å². The summed E-state index contributed by atoms with van der Waals surface area (Å²) in [6.45, 7) is 8.21. The van der Waals surface area contributed by atoms with E-state index in [1.165, 1.54) is 5.56 Å². The first-order valence-electron chi connectivity index (χ1n) is 8.22. The predicted octanol–water partition coefficient (Wildman–Crippen LogP) is 4.45. The zero-order valence-corrected chi connectivity index (χ0v) is 14.9. The number of oxazole rings is 1. The predicted molar refractivity (Wildman–Crippen MR) is 98.0 cm³/mol. The average Bonchev–Trinajstić information content (AvgIpc) is 2.92. The van der Waals surface area contributed by atoms with Gasteiger partial charge in [0.2, 0.25) is 0 Å². The maximum atomic E-state index is 12.1. The van der Waals surface area contributed by atoms with Gasteiger partial charge in [-0.15, -0.1) is 0 Å². The second-order valence-electron chi connectivity index (χ2n) is 7.03. The van der Waals surface area contributed by atoms with E-state index in [9.17, 15) is 4.79 Å². The van der Waals surface area contributed by atoms with Crippen molar-refractivity contribution >= 4 is 22.7 Å². The van der Waals surface area contributed by atoms with Crippen LogP contribution >= 0.6 is 0 Å². The minimum absolute atomic E-state index is 0.0508. The lowest BCUT2D eigenvalue weighted by molar-refractivity contribution is -0.118. The van der Waals surface area contributed by atoms with Crippen molar-refractivity contribution in [2.24, 2.45) is 0 Å². The summed E-state index contributed by atoms with van der Waals surface area (Å²) >= 11 is 0. The number of carbonyl (C=O) groups is 1. The van der Waals surface area contributed by atoms with E-state index < -0.39 is 0 Å². The maximum Gasteiger partial charge on any atom is 0.262 e. The van der Waals surface area contributed by atoms with Crippen molar-refractivity contribution in [2.45, 2.75) is 33.1 Å². The summed E-state index contributed by atoms with van der Waals surface area (Å²) in [5.74, 6) is 1.05. The Morgan fingerprint density at radius 2 is 1.88 bits per heavy atom. The Morgan fingerprint density at radius 3 is 2.56 bits per heavy atom. The second kappa shape index (κ2) is 6.59. The number of benzene rings is 2. The number of nitrogens with one attached hydrogen (secondary N) is 1. The quantitative estimate of drug-likeness (QED) is 0.763. The molecular weight excluding hydrogens is 316 g/mol. The van der Waals surface area contributed by atoms with Crippen molar-refractivity contribution < 1.29 is 13.9 Å². The van der Waals surface area contributed by atoms with Crippen LogP contribution in [0.2, 0.25) is 0 Å². The highest BCUT2D eigenvalue weighted by Gasteiger charge is 2.13. The highest BCUT2D eigenvalue weighted by Crippen LogP contribution is 2.24. The molecule has 0 saturated carbocycles. The summed E-state index contributed by atoms with van der Waals surface area (Å²) in [5.41, 5.74) is 3.39. The summed E-state index contributed by atoms with van der Waals surface area (Å²) in [7, 11) is 0. The number of rotatable bonds is 4. The van der Waals surface area contributed by atoms with Crippen molar-refractivity contribution in [1.82, 2.24) is 4.98 Å². The number of hydrogen-bond acceptors (Lipinski definition) is 4. The van der Waals surface area contributed by atoms with Gasteiger partial charge >= 0.3 is 0 Å². The number of amides is 1. The number of aryl methyl sites for hydroxylation is 1. The maximum absolute atomic E-state index is 12.1. The second-order valence-corrected chi connectivity index (χ2v) is 7.03. The summed E-state index contributed by atoms with van der Waals surface area (Å²) < 4.78 is 11.0. The Labute approximate surface area is 147 Å². The lowest BCUT2D eigenvalue weighted by atomic mass is 9.87. The van der Waals surface area contributed by atoms with Gasteiger partial charge in [0, 0.05) is 12.6 Å². The first kappa shape index (κ1) is 17.0. The highest BCUT2D eigenvalue weighted by molar-refractivity contribution is 5.93. The van der Waals surface area contributed by atoms with E-state index >= 15 is 0 Å². The number of anilines is 1.